The molecule has 0 aliphatic rings. The molecule has 102 valence electrons. The van der Waals surface area contributed by atoms with Crippen molar-refractivity contribution in [3.8, 4) is 5.75 Å². The molecule has 0 amide bonds. The number of nitrogen functional groups attached to an aromatic ring is 1. The molecule has 0 saturated carbocycles. The van der Waals surface area contributed by atoms with Crippen LogP contribution < -0.4 is 10.5 Å². The minimum atomic E-state index is 0.632. The Hall–Kier alpha value is -0.890. The van der Waals surface area contributed by atoms with Gasteiger partial charge in [-0.2, -0.15) is 0 Å². The van der Waals surface area contributed by atoms with Crippen LogP contribution in [0.1, 0.15) is 51.9 Å². The molecule has 0 aliphatic heterocycles. The molecule has 18 heavy (non-hydrogen) atoms. The highest BCUT2D eigenvalue weighted by atomic mass is 35.5. The first-order chi connectivity index (χ1) is 8.74. The smallest absolute Gasteiger partial charge is 0.139 e. The molecule has 0 fully saturated rings. The second-order valence-corrected chi connectivity index (χ2v) is 5.07. The minimum absolute atomic E-state index is 0.632. The summed E-state index contributed by atoms with van der Waals surface area (Å²) in [6.07, 6.45) is 8.96. The van der Waals surface area contributed by atoms with E-state index in [0.29, 0.717) is 16.5 Å². The van der Waals surface area contributed by atoms with E-state index in [-0.39, 0.29) is 0 Å². The molecule has 0 saturated heterocycles. The Morgan fingerprint density at radius 3 is 2.44 bits per heavy atom. The fourth-order valence-corrected chi connectivity index (χ4v) is 2.04. The normalized spacial score (nSPS) is 10.6. The van der Waals surface area contributed by atoms with Crippen LogP contribution in [0.15, 0.2) is 18.2 Å². The van der Waals surface area contributed by atoms with E-state index in [9.17, 15) is 0 Å². The van der Waals surface area contributed by atoms with Crippen molar-refractivity contribution in [2.75, 3.05) is 12.3 Å². The largest absolute Gasteiger partial charge is 0.492 e. The SMILES string of the molecule is CCCCCCCCCOc1cc(N)ccc1Cl. The second kappa shape index (κ2) is 9.09. The molecular weight excluding hydrogens is 246 g/mol. The molecule has 0 spiro atoms. The van der Waals surface area contributed by atoms with Gasteiger partial charge in [-0.25, -0.2) is 0 Å². The number of unbranched alkanes of at least 4 members (excludes halogenated alkanes) is 6. The number of hydrogen-bond acceptors (Lipinski definition) is 2. The predicted octanol–water partition coefficient (Wildman–Crippen LogP) is 5.05. The van der Waals surface area contributed by atoms with Gasteiger partial charge in [-0.1, -0.05) is 57.0 Å². The molecular formula is C15H24ClNO. The van der Waals surface area contributed by atoms with Crippen LogP contribution in [0.2, 0.25) is 5.02 Å². The molecule has 0 aromatic heterocycles. The van der Waals surface area contributed by atoms with Crippen molar-refractivity contribution in [1.29, 1.82) is 0 Å². The minimum Gasteiger partial charge on any atom is -0.492 e. The van der Waals surface area contributed by atoms with Crippen LogP contribution in [-0.4, -0.2) is 6.61 Å². The van der Waals surface area contributed by atoms with Crippen LogP contribution in [0, 0.1) is 0 Å². The molecule has 1 aromatic carbocycles. The highest BCUT2D eigenvalue weighted by molar-refractivity contribution is 6.32. The molecule has 0 radical (unpaired) electrons. The Morgan fingerprint density at radius 2 is 1.72 bits per heavy atom. The highest BCUT2D eigenvalue weighted by Crippen LogP contribution is 2.26. The van der Waals surface area contributed by atoms with Gasteiger partial charge in [-0.3, -0.25) is 0 Å². The van der Waals surface area contributed by atoms with E-state index >= 15 is 0 Å². The van der Waals surface area contributed by atoms with Crippen LogP contribution in [0.4, 0.5) is 5.69 Å². The molecule has 1 aromatic rings. The summed E-state index contributed by atoms with van der Waals surface area (Å²) in [5.41, 5.74) is 6.38. The van der Waals surface area contributed by atoms with Gasteiger partial charge in [-0.05, 0) is 18.6 Å². The number of rotatable bonds is 9. The Labute approximate surface area is 115 Å². The zero-order valence-corrected chi connectivity index (χ0v) is 12.0. The lowest BCUT2D eigenvalue weighted by atomic mass is 10.1. The average molecular weight is 270 g/mol. The third-order valence-electron chi connectivity index (χ3n) is 2.96. The molecule has 3 heteroatoms. The van der Waals surface area contributed by atoms with Crippen LogP contribution >= 0.6 is 11.6 Å². The van der Waals surface area contributed by atoms with Crippen molar-refractivity contribution in [2.45, 2.75) is 51.9 Å². The van der Waals surface area contributed by atoms with Crippen molar-refractivity contribution < 1.29 is 4.74 Å². The summed E-state index contributed by atoms with van der Waals surface area (Å²) >= 11 is 6.01. The zero-order chi connectivity index (χ0) is 13.2. The van der Waals surface area contributed by atoms with Crippen LogP contribution in [-0.2, 0) is 0 Å². The fraction of sp³-hybridized carbons (Fsp3) is 0.600. The van der Waals surface area contributed by atoms with Gasteiger partial charge in [0.05, 0.1) is 11.6 Å². The van der Waals surface area contributed by atoms with E-state index in [1.807, 2.05) is 0 Å². The summed E-state index contributed by atoms with van der Waals surface area (Å²) in [6.45, 7) is 2.96. The summed E-state index contributed by atoms with van der Waals surface area (Å²) in [7, 11) is 0. The maximum Gasteiger partial charge on any atom is 0.139 e. The van der Waals surface area contributed by atoms with Gasteiger partial charge >= 0.3 is 0 Å². The number of ether oxygens (including phenoxy) is 1. The molecule has 0 unspecified atom stereocenters. The van der Waals surface area contributed by atoms with Crippen molar-refractivity contribution in [3.05, 3.63) is 23.2 Å². The van der Waals surface area contributed by atoms with E-state index in [2.05, 4.69) is 6.92 Å². The molecule has 2 nitrogen and oxygen atoms in total. The lowest BCUT2D eigenvalue weighted by Gasteiger charge is -2.08. The zero-order valence-electron chi connectivity index (χ0n) is 11.3. The maximum atomic E-state index is 6.01. The first-order valence-electron chi connectivity index (χ1n) is 6.92. The average Bonchev–Trinajstić information content (AvgIpc) is 2.36. The summed E-state index contributed by atoms with van der Waals surface area (Å²) in [6, 6.07) is 5.34. The second-order valence-electron chi connectivity index (χ2n) is 4.66. The molecule has 0 bridgehead atoms. The lowest BCUT2D eigenvalue weighted by Crippen LogP contribution is -1.98. The van der Waals surface area contributed by atoms with Crippen molar-refractivity contribution in [3.63, 3.8) is 0 Å². The Morgan fingerprint density at radius 1 is 1.06 bits per heavy atom. The third kappa shape index (κ3) is 6.15. The Balaban J connectivity index is 2.09. The molecule has 0 aliphatic carbocycles. The first-order valence-corrected chi connectivity index (χ1v) is 7.29. The van der Waals surface area contributed by atoms with Gasteiger partial charge < -0.3 is 10.5 Å². The predicted molar refractivity (Wildman–Crippen MR) is 79.4 cm³/mol. The van der Waals surface area contributed by atoms with Crippen molar-refractivity contribution in [1.82, 2.24) is 0 Å². The summed E-state index contributed by atoms with van der Waals surface area (Å²) in [5.74, 6) is 0.697. The fourth-order valence-electron chi connectivity index (χ4n) is 1.87. The quantitative estimate of drug-likeness (QED) is 0.503. The van der Waals surface area contributed by atoms with Crippen LogP contribution in [0.3, 0.4) is 0 Å². The summed E-state index contributed by atoms with van der Waals surface area (Å²) < 4.78 is 5.63. The number of halogens is 1. The molecule has 1 rings (SSSR count). The Kier molecular flexibility index (Phi) is 7.66. The highest BCUT2D eigenvalue weighted by Gasteiger charge is 2.01. The molecule has 0 heterocycles. The monoisotopic (exact) mass is 269 g/mol. The maximum absolute atomic E-state index is 6.01. The Bertz CT molecular complexity index is 341. The van der Waals surface area contributed by atoms with Gasteiger partial charge in [0.2, 0.25) is 0 Å². The van der Waals surface area contributed by atoms with E-state index in [0.717, 1.165) is 13.0 Å². The summed E-state index contributed by atoms with van der Waals surface area (Å²) in [5, 5.41) is 0.632. The van der Waals surface area contributed by atoms with Crippen LogP contribution in [0.25, 0.3) is 0 Å². The van der Waals surface area contributed by atoms with Crippen molar-refractivity contribution >= 4 is 17.3 Å². The van der Waals surface area contributed by atoms with Crippen LogP contribution in [0.5, 0.6) is 5.75 Å². The third-order valence-corrected chi connectivity index (χ3v) is 3.27. The lowest BCUT2D eigenvalue weighted by molar-refractivity contribution is 0.304. The van der Waals surface area contributed by atoms with E-state index in [1.54, 1.807) is 18.2 Å². The molecule has 0 atom stereocenters. The topological polar surface area (TPSA) is 35.2 Å². The standard InChI is InChI=1S/C15H24ClNO/c1-2-3-4-5-6-7-8-11-18-15-12-13(17)9-10-14(15)16/h9-10,12H,2-8,11,17H2,1H3. The van der Waals surface area contributed by atoms with E-state index in [4.69, 9.17) is 22.1 Å². The van der Waals surface area contributed by atoms with Gasteiger partial charge in [0, 0.05) is 11.8 Å². The van der Waals surface area contributed by atoms with Gasteiger partial charge in [-0.15, -0.1) is 0 Å². The molecule has 2 N–H and O–H groups in total. The number of benzene rings is 1. The number of nitrogens with two attached hydrogens (primary N) is 1. The van der Waals surface area contributed by atoms with Gasteiger partial charge in [0.1, 0.15) is 5.75 Å². The van der Waals surface area contributed by atoms with Gasteiger partial charge in [0.25, 0.3) is 0 Å². The van der Waals surface area contributed by atoms with E-state index < -0.39 is 0 Å². The number of hydrogen-bond donors (Lipinski definition) is 1. The van der Waals surface area contributed by atoms with Gasteiger partial charge in [0.15, 0.2) is 0 Å². The first kappa shape index (κ1) is 15.2. The number of anilines is 1. The van der Waals surface area contributed by atoms with E-state index in [1.165, 1.54) is 38.5 Å². The van der Waals surface area contributed by atoms with Crippen molar-refractivity contribution in [2.24, 2.45) is 0 Å². The summed E-state index contributed by atoms with van der Waals surface area (Å²) in [4.78, 5) is 0.